The van der Waals surface area contributed by atoms with Gasteiger partial charge in [-0.05, 0) is 42.8 Å². The number of benzene rings is 2. The van der Waals surface area contributed by atoms with Gasteiger partial charge in [0.15, 0.2) is 11.5 Å². The van der Waals surface area contributed by atoms with Gasteiger partial charge in [-0.15, -0.1) is 11.3 Å². The SMILES string of the molecule is Cc1ccc(N/C=C(/C#N)c2nc(-c3ccc4c(c3)OCO4)cs2)cc1F. The molecule has 0 amide bonds. The molecule has 2 aromatic carbocycles. The molecule has 0 saturated carbocycles. The Morgan fingerprint density at radius 3 is 2.93 bits per heavy atom. The molecule has 1 N–H and O–H groups in total. The van der Waals surface area contributed by atoms with Gasteiger partial charge in [0.05, 0.1) is 5.69 Å². The number of thiazole rings is 1. The number of anilines is 1. The van der Waals surface area contributed by atoms with Gasteiger partial charge in [-0.25, -0.2) is 9.37 Å². The van der Waals surface area contributed by atoms with E-state index in [0.29, 0.717) is 33.3 Å². The average molecular weight is 379 g/mol. The largest absolute Gasteiger partial charge is 0.454 e. The van der Waals surface area contributed by atoms with Gasteiger partial charge in [0.1, 0.15) is 22.5 Å². The van der Waals surface area contributed by atoms with E-state index in [1.54, 1.807) is 19.1 Å². The maximum Gasteiger partial charge on any atom is 0.231 e. The van der Waals surface area contributed by atoms with E-state index in [-0.39, 0.29) is 12.6 Å². The third kappa shape index (κ3) is 3.48. The van der Waals surface area contributed by atoms with Crippen LogP contribution in [0.2, 0.25) is 0 Å². The van der Waals surface area contributed by atoms with Crippen LogP contribution in [0.4, 0.5) is 10.1 Å². The summed E-state index contributed by atoms with van der Waals surface area (Å²) in [5.41, 5.74) is 3.13. The quantitative estimate of drug-likeness (QED) is 0.649. The first-order valence-corrected chi connectivity index (χ1v) is 9.01. The van der Waals surface area contributed by atoms with Crippen LogP contribution in [-0.4, -0.2) is 11.8 Å². The lowest BCUT2D eigenvalue weighted by molar-refractivity contribution is 0.174. The first kappa shape index (κ1) is 17.1. The number of fused-ring (bicyclic) bond motifs is 1. The van der Waals surface area contributed by atoms with Crippen LogP contribution in [0.1, 0.15) is 10.6 Å². The Hall–Kier alpha value is -3.37. The number of hydrogen-bond acceptors (Lipinski definition) is 6. The molecule has 27 heavy (non-hydrogen) atoms. The number of nitriles is 1. The van der Waals surface area contributed by atoms with Gasteiger partial charge < -0.3 is 14.8 Å². The smallest absolute Gasteiger partial charge is 0.231 e. The van der Waals surface area contributed by atoms with Crippen LogP contribution < -0.4 is 14.8 Å². The molecule has 7 heteroatoms. The normalized spacial score (nSPS) is 12.7. The predicted octanol–water partition coefficient (Wildman–Crippen LogP) is 4.96. The highest BCUT2D eigenvalue weighted by molar-refractivity contribution is 7.11. The molecular formula is C20H14FN3O2S. The van der Waals surface area contributed by atoms with Gasteiger partial charge in [-0.3, -0.25) is 0 Å². The van der Waals surface area contributed by atoms with E-state index in [1.165, 1.54) is 23.6 Å². The molecule has 134 valence electrons. The molecule has 2 heterocycles. The topological polar surface area (TPSA) is 67.2 Å². The van der Waals surface area contributed by atoms with Crippen LogP contribution in [0.15, 0.2) is 48.0 Å². The van der Waals surface area contributed by atoms with Crippen molar-refractivity contribution in [1.82, 2.24) is 4.98 Å². The summed E-state index contributed by atoms with van der Waals surface area (Å²) >= 11 is 1.36. The number of nitrogens with one attached hydrogen (secondary N) is 1. The number of allylic oxidation sites excluding steroid dienone is 1. The molecule has 0 saturated heterocycles. The van der Waals surface area contributed by atoms with Crippen LogP contribution >= 0.6 is 11.3 Å². The molecule has 0 bridgehead atoms. The standard InChI is InChI=1S/C20H14FN3O2S/c1-12-2-4-15(7-16(12)21)23-9-14(8-22)20-24-17(10-27-20)13-3-5-18-19(6-13)26-11-25-18/h2-7,9-10,23H,11H2,1H3/b14-9-. The first-order valence-electron chi connectivity index (χ1n) is 8.13. The lowest BCUT2D eigenvalue weighted by Crippen LogP contribution is -1.93. The summed E-state index contributed by atoms with van der Waals surface area (Å²) in [7, 11) is 0. The van der Waals surface area contributed by atoms with Gasteiger partial charge in [0.2, 0.25) is 6.79 Å². The van der Waals surface area contributed by atoms with Crippen LogP contribution in [-0.2, 0) is 0 Å². The van der Waals surface area contributed by atoms with Crippen LogP contribution in [0, 0.1) is 24.1 Å². The van der Waals surface area contributed by atoms with Gasteiger partial charge in [-0.1, -0.05) is 6.07 Å². The Kier molecular flexibility index (Phi) is 4.48. The van der Waals surface area contributed by atoms with Crippen molar-refractivity contribution in [3.05, 3.63) is 64.4 Å². The van der Waals surface area contributed by atoms with Crippen molar-refractivity contribution in [2.45, 2.75) is 6.92 Å². The number of aryl methyl sites for hydroxylation is 1. The zero-order valence-electron chi connectivity index (χ0n) is 14.3. The Morgan fingerprint density at radius 2 is 2.11 bits per heavy atom. The van der Waals surface area contributed by atoms with E-state index in [9.17, 15) is 9.65 Å². The lowest BCUT2D eigenvalue weighted by Gasteiger charge is -2.03. The molecule has 0 atom stereocenters. The van der Waals surface area contributed by atoms with E-state index in [4.69, 9.17) is 9.47 Å². The summed E-state index contributed by atoms with van der Waals surface area (Å²) in [5.74, 6) is 1.09. The van der Waals surface area contributed by atoms with Crippen LogP contribution in [0.25, 0.3) is 16.8 Å². The minimum atomic E-state index is -0.300. The fourth-order valence-corrected chi connectivity index (χ4v) is 3.36. The summed E-state index contributed by atoms with van der Waals surface area (Å²) in [5, 5.41) is 14.9. The number of hydrogen-bond donors (Lipinski definition) is 1. The maximum absolute atomic E-state index is 13.6. The lowest BCUT2D eigenvalue weighted by atomic mass is 10.1. The number of nitrogens with zero attached hydrogens (tertiary/aromatic N) is 2. The van der Waals surface area contributed by atoms with Crippen molar-refractivity contribution in [3.63, 3.8) is 0 Å². The highest BCUT2D eigenvalue weighted by Crippen LogP contribution is 2.36. The second-order valence-corrected chi connectivity index (χ2v) is 6.74. The minimum Gasteiger partial charge on any atom is -0.454 e. The molecular weight excluding hydrogens is 365 g/mol. The molecule has 0 fully saturated rings. The number of aromatic nitrogens is 1. The van der Waals surface area contributed by atoms with Gasteiger partial charge in [-0.2, -0.15) is 5.26 Å². The average Bonchev–Trinajstić information content (AvgIpc) is 3.34. The highest BCUT2D eigenvalue weighted by atomic mass is 32.1. The van der Waals surface area contributed by atoms with Crippen molar-refractivity contribution in [2.24, 2.45) is 0 Å². The highest BCUT2D eigenvalue weighted by Gasteiger charge is 2.16. The van der Waals surface area contributed by atoms with E-state index >= 15 is 0 Å². The second-order valence-electron chi connectivity index (χ2n) is 5.88. The molecule has 0 spiro atoms. The summed E-state index contributed by atoms with van der Waals surface area (Å²) in [6.07, 6.45) is 1.53. The zero-order valence-corrected chi connectivity index (χ0v) is 15.1. The third-order valence-corrected chi connectivity index (χ3v) is 4.95. The minimum absolute atomic E-state index is 0.216. The van der Waals surface area contributed by atoms with Crippen molar-refractivity contribution in [2.75, 3.05) is 12.1 Å². The van der Waals surface area contributed by atoms with Gasteiger partial charge in [0, 0.05) is 22.8 Å². The van der Waals surface area contributed by atoms with Crippen LogP contribution in [0.3, 0.4) is 0 Å². The molecule has 5 nitrogen and oxygen atoms in total. The van der Waals surface area contributed by atoms with E-state index in [0.717, 1.165) is 11.3 Å². The molecule has 0 radical (unpaired) electrons. The summed E-state index contributed by atoms with van der Waals surface area (Å²) in [6.45, 7) is 1.91. The van der Waals surface area contributed by atoms with Crippen LogP contribution in [0.5, 0.6) is 11.5 Å². The van der Waals surface area contributed by atoms with Crippen molar-refractivity contribution in [1.29, 1.82) is 5.26 Å². The number of halogens is 1. The molecule has 1 aliphatic heterocycles. The van der Waals surface area contributed by atoms with Crippen molar-refractivity contribution >= 4 is 22.6 Å². The Morgan fingerprint density at radius 1 is 1.26 bits per heavy atom. The summed E-state index contributed by atoms with van der Waals surface area (Å²) in [6, 6.07) is 12.6. The first-order chi connectivity index (χ1) is 13.1. The summed E-state index contributed by atoms with van der Waals surface area (Å²) < 4.78 is 24.3. The third-order valence-electron chi connectivity index (χ3n) is 4.08. The molecule has 3 aromatic rings. The predicted molar refractivity (Wildman–Crippen MR) is 102 cm³/mol. The number of rotatable bonds is 4. The maximum atomic E-state index is 13.6. The molecule has 4 rings (SSSR count). The molecule has 1 aliphatic rings. The van der Waals surface area contributed by atoms with E-state index in [2.05, 4.69) is 16.4 Å². The fraction of sp³-hybridized carbons (Fsp3) is 0.100. The van der Waals surface area contributed by atoms with Crippen molar-refractivity contribution in [3.8, 4) is 28.8 Å². The Labute approximate surface area is 159 Å². The number of ether oxygens (including phenoxy) is 2. The van der Waals surface area contributed by atoms with E-state index in [1.807, 2.05) is 23.6 Å². The Bertz CT molecular complexity index is 1090. The molecule has 0 aliphatic carbocycles. The molecule has 0 unspecified atom stereocenters. The molecule has 1 aromatic heterocycles. The monoisotopic (exact) mass is 379 g/mol. The Balaban J connectivity index is 1.57. The van der Waals surface area contributed by atoms with Gasteiger partial charge in [0.25, 0.3) is 0 Å². The summed E-state index contributed by atoms with van der Waals surface area (Å²) in [4.78, 5) is 4.54. The van der Waals surface area contributed by atoms with Crippen molar-refractivity contribution < 1.29 is 13.9 Å². The van der Waals surface area contributed by atoms with Gasteiger partial charge >= 0.3 is 0 Å². The van der Waals surface area contributed by atoms with E-state index < -0.39 is 0 Å². The second kappa shape index (κ2) is 7.09. The zero-order chi connectivity index (χ0) is 18.8. The fourth-order valence-electron chi connectivity index (χ4n) is 2.57.